The molecule has 0 amide bonds. The van der Waals surface area contributed by atoms with Gasteiger partial charge >= 0.3 is 0 Å². The van der Waals surface area contributed by atoms with E-state index in [-0.39, 0.29) is 11.9 Å². The molecule has 2 heterocycles. The zero-order valence-electron chi connectivity index (χ0n) is 16.8. The number of fused-ring (bicyclic) bond motifs is 1. The Balaban J connectivity index is 1.16. The highest BCUT2D eigenvalue weighted by atomic mass is 19.1. The van der Waals surface area contributed by atoms with Gasteiger partial charge in [-0.15, -0.1) is 0 Å². The first-order chi connectivity index (χ1) is 14.7. The Morgan fingerprint density at radius 3 is 2.37 bits per heavy atom. The molecule has 0 N–H and O–H groups in total. The molecule has 1 saturated heterocycles. The molecular formula is C26H24FNO2. The van der Waals surface area contributed by atoms with Gasteiger partial charge in [0.1, 0.15) is 29.0 Å². The molecule has 4 heteroatoms. The Bertz CT molecular complexity index is 1080. The minimum Gasteiger partial charge on any atom is -0.490 e. The van der Waals surface area contributed by atoms with Crippen LogP contribution < -0.4 is 4.74 Å². The van der Waals surface area contributed by atoms with Crippen LogP contribution in [0.4, 0.5) is 4.39 Å². The van der Waals surface area contributed by atoms with Gasteiger partial charge < -0.3 is 9.15 Å². The molecular weight excluding hydrogens is 377 g/mol. The lowest BCUT2D eigenvalue weighted by molar-refractivity contribution is 0.0968. The van der Waals surface area contributed by atoms with Gasteiger partial charge in [0.25, 0.3) is 0 Å². The highest BCUT2D eigenvalue weighted by Crippen LogP contribution is 2.29. The van der Waals surface area contributed by atoms with Crippen molar-refractivity contribution < 1.29 is 13.5 Å². The van der Waals surface area contributed by atoms with Gasteiger partial charge in [-0.05, 0) is 66.9 Å². The van der Waals surface area contributed by atoms with E-state index in [2.05, 4.69) is 29.2 Å². The van der Waals surface area contributed by atoms with Crippen LogP contribution in [0, 0.1) is 5.82 Å². The van der Waals surface area contributed by atoms with Crippen LogP contribution in [0.25, 0.3) is 22.3 Å². The van der Waals surface area contributed by atoms with Crippen molar-refractivity contribution in [1.29, 1.82) is 0 Å². The van der Waals surface area contributed by atoms with Gasteiger partial charge in [0.05, 0.1) is 0 Å². The smallest absolute Gasteiger partial charge is 0.135 e. The Morgan fingerprint density at radius 2 is 1.63 bits per heavy atom. The lowest BCUT2D eigenvalue weighted by Gasteiger charge is -2.32. The molecule has 0 atom stereocenters. The Kier molecular flexibility index (Phi) is 5.24. The fourth-order valence-corrected chi connectivity index (χ4v) is 4.05. The van der Waals surface area contributed by atoms with Crippen LogP contribution in [0.1, 0.15) is 18.4 Å². The van der Waals surface area contributed by atoms with E-state index in [4.69, 9.17) is 9.15 Å². The summed E-state index contributed by atoms with van der Waals surface area (Å²) in [5.74, 6) is 1.58. The van der Waals surface area contributed by atoms with E-state index in [1.807, 2.05) is 42.5 Å². The summed E-state index contributed by atoms with van der Waals surface area (Å²) < 4.78 is 25.2. The maximum absolute atomic E-state index is 13.1. The summed E-state index contributed by atoms with van der Waals surface area (Å²) in [6.07, 6.45) is 2.21. The quantitative estimate of drug-likeness (QED) is 0.393. The highest BCUT2D eigenvalue weighted by molar-refractivity contribution is 5.82. The van der Waals surface area contributed by atoms with E-state index in [9.17, 15) is 4.39 Å². The summed E-state index contributed by atoms with van der Waals surface area (Å²) in [7, 11) is 0. The van der Waals surface area contributed by atoms with Crippen LogP contribution in [-0.2, 0) is 6.54 Å². The predicted octanol–water partition coefficient (Wildman–Crippen LogP) is 6.28. The molecule has 0 saturated carbocycles. The minimum absolute atomic E-state index is 0.183. The Morgan fingerprint density at radius 1 is 0.900 bits per heavy atom. The number of para-hydroxylation sites is 1. The number of likely N-dealkylation sites (tertiary alicyclic amines) is 1. The van der Waals surface area contributed by atoms with Gasteiger partial charge in [-0.2, -0.15) is 0 Å². The van der Waals surface area contributed by atoms with Crippen molar-refractivity contribution in [2.45, 2.75) is 25.5 Å². The van der Waals surface area contributed by atoms with Crippen molar-refractivity contribution in [1.82, 2.24) is 4.90 Å². The number of hydrogen-bond donors (Lipinski definition) is 0. The van der Waals surface area contributed by atoms with Crippen LogP contribution in [0.15, 0.2) is 83.3 Å². The first kappa shape index (κ1) is 18.9. The summed E-state index contributed by atoms with van der Waals surface area (Å²) in [5, 5.41) is 1.11. The fourth-order valence-electron chi connectivity index (χ4n) is 4.05. The summed E-state index contributed by atoms with van der Waals surface area (Å²) in [6.45, 7) is 2.83. The van der Waals surface area contributed by atoms with Gasteiger partial charge in [0.2, 0.25) is 0 Å². The van der Waals surface area contributed by atoms with E-state index in [1.165, 1.54) is 12.1 Å². The maximum Gasteiger partial charge on any atom is 0.135 e. The van der Waals surface area contributed by atoms with Gasteiger partial charge in [-0.3, -0.25) is 4.90 Å². The summed E-state index contributed by atoms with van der Waals surface area (Å²) >= 11 is 0. The summed E-state index contributed by atoms with van der Waals surface area (Å²) in [5.41, 5.74) is 3.10. The van der Waals surface area contributed by atoms with E-state index in [1.54, 1.807) is 0 Å². The lowest BCUT2D eigenvalue weighted by Crippen LogP contribution is -2.37. The monoisotopic (exact) mass is 401 g/mol. The summed E-state index contributed by atoms with van der Waals surface area (Å²) in [6, 6.07) is 25.0. The number of hydrogen-bond acceptors (Lipinski definition) is 3. The fraction of sp³-hybridized carbons (Fsp3) is 0.231. The molecule has 0 unspecified atom stereocenters. The number of benzene rings is 3. The molecule has 3 nitrogen and oxygen atoms in total. The molecule has 152 valence electrons. The molecule has 4 aromatic rings. The molecule has 1 fully saturated rings. The molecule has 0 aliphatic carbocycles. The number of rotatable bonds is 5. The first-order valence-corrected chi connectivity index (χ1v) is 10.5. The number of ether oxygens (including phenoxy) is 1. The van der Waals surface area contributed by atoms with Crippen molar-refractivity contribution in [2.75, 3.05) is 13.1 Å². The third kappa shape index (κ3) is 4.24. The van der Waals surface area contributed by atoms with Crippen molar-refractivity contribution in [3.63, 3.8) is 0 Å². The average Bonchev–Trinajstić information content (AvgIpc) is 3.22. The van der Waals surface area contributed by atoms with Gasteiger partial charge in [-0.25, -0.2) is 4.39 Å². The van der Waals surface area contributed by atoms with Crippen LogP contribution in [-0.4, -0.2) is 24.1 Å². The molecule has 1 aliphatic rings. The molecule has 0 bridgehead atoms. The Hall–Kier alpha value is -3.11. The average molecular weight is 401 g/mol. The third-order valence-electron chi connectivity index (χ3n) is 5.72. The van der Waals surface area contributed by atoms with E-state index < -0.39 is 0 Å². The Labute approximate surface area is 175 Å². The van der Waals surface area contributed by atoms with Gasteiger partial charge in [0, 0.05) is 30.6 Å². The molecule has 1 aliphatic heterocycles. The molecule has 1 aromatic heterocycles. The number of halogens is 1. The first-order valence-electron chi connectivity index (χ1n) is 10.5. The molecule has 3 aromatic carbocycles. The maximum atomic E-state index is 13.1. The highest BCUT2D eigenvalue weighted by Gasteiger charge is 2.20. The molecule has 0 spiro atoms. The minimum atomic E-state index is -0.183. The van der Waals surface area contributed by atoms with Gasteiger partial charge in [0.15, 0.2) is 0 Å². The lowest BCUT2D eigenvalue weighted by atomic mass is 10.1. The van der Waals surface area contributed by atoms with E-state index in [0.717, 1.165) is 66.1 Å². The molecule has 5 rings (SSSR count). The van der Waals surface area contributed by atoms with Crippen LogP contribution in [0.2, 0.25) is 0 Å². The van der Waals surface area contributed by atoms with Gasteiger partial charge in [-0.1, -0.05) is 30.3 Å². The topological polar surface area (TPSA) is 25.6 Å². The van der Waals surface area contributed by atoms with Crippen LogP contribution in [0.5, 0.6) is 5.75 Å². The summed E-state index contributed by atoms with van der Waals surface area (Å²) in [4.78, 5) is 2.40. The van der Waals surface area contributed by atoms with Crippen molar-refractivity contribution in [2.24, 2.45) is 0 Å². The second-order valence-corrected chi connectivity index (χ2v) is 7.89. The third-order valence-corrected chi connectivity index (χ3v) is 5.72. The molecule has 30 heavy (non-hydrogen) atoms. The number of piperidine rings is 1. The second kappa shape index (κ2) is 8.33. The normalized spacial score (nSPS) is 15.5. The zero-order valence-corrected chi connectivity index (χ0v) is 16.8. The number of furan rings is 1. The second-order valence-electron chi connectivity index (χ2n) is 7.89. The van der Waals surface area contributed by atoms with Crippen molar-refractivity contribution in [3.8, 4) is 17.1 Å². The van der Waals surface area contributed by atoms with Crippen molar-refractivity contribution in [3.05, 3.63) is 90.2 Å². The van der Waals surface area contributed by atoms with E-state index >= 15 is 0 Å². The van der Waals surface area contributed by atoms with Crippen LogP contribution in [0.3, 0.4) is 0 Å². The predicted molar refractivity (Wildman–Crippen MR) is 117 cm³/mol. The molecule has 0 radical (unpaired) electrons. The number of nitrogens with zero attached hydrogens (tertiary/aromatic N) is 1. The standard InChI is InChI=1S/C26H24FNO2/c27-22-9-5-19(6-10-22)18-28-15-13-24(14-16-28)29-23-11-7-20(8-12-23)26-17-21-3-1-2-4-25(21)30-26/h1-12,17,24H,13-16,18H2. The zero-order chi connectivity index (χ0) is 20.3. The largest absolute Gasteiger partial charge is 0.490 e. The van der Waals surface area contributed by atoms with Crippen molar-refractivity contribution >= 4 is 11.0 Å². The SMILES string of the molecule is Fc1ccc(CN2CCC(Oc3ccc(-c4cc5ccccc5o4)cc3)CC2)cc1. The van der Waals surface area contributed by atoms with E-state index in [0.29, 0.717) is 0 Å². The van der Waals surface area contributed by atoms with Crippen LogP contribution >= 0.6 is 0 Å².